The number of nitrogens with zero attached hydrogens (tertiary/aromatic N) is 1. The van der Waals surface area contributed by atoms with Crippen LogP contribution in [-0.2, 0) is 19.1 Å². The summed E-state index contributed by atoms with van der Waals surface area (Å²) in [5.41, 5.74) is -0.709. The third kappa shape index (κ3) is 4.16. The molecule has 0 aliphatic carbocycles. The van der Waals surface area contributed by atoms with Crippen molar-refractivity contribution in [2.24, 2.45) is 5.92 Å². The van der Waals surface area contributed by atoms with E-state index in [1.807, 2.05) is 0 Å². The van der Waals surface area contributed by atoms with Gasteiger partial charge in [0.15, 0.2) is 6.61 Å². The number of likely N-dealkylation sites (tertiary alicyclic amines) is 1. The third-order valence-corrected chi connectivity index (χ3v) is 4.57. The number of carbonyl (C=O) groups excluding carboxylic acids is 3. The number of piperidine rings is 1. The number of esters is 2. The lowest BCUT2D eigenvalue weighted by Crippen LogP contribution is -2.42. The molecule has 0 saturated carbocycles. The summed E-state index contributed by atoms with van der Waals surface area (Å²) < 4.78 is 14.8. The van der Waals surface area contributed by atoms with Gasteiger partial charge < -0.3 is 18.8 Å². The van der Waals surface area contributed by atoms with Crippen LogP contribution in [0.4, 0.5) is 0 Å². The molecule has 0 N–H and O–H groups in total. The van der Waals surface area contributed by atoms with Gasteiger partial charge in [0.2, 0.25) is 0 Å². The molecule has 2 aromatic rings. The van der Waals surface area contributed by atoms with Gasteiger partial charge in [0.25, 0.3) is 5.91 Å². The Morgan fingerprint density at radius 1 is 1.19 bits per heavy atom. The number of carbonyl (C=O) groups is 3. The summed E-state index contributed by atoms with van der Waals surface area (Å²) in [6, 6.07) is 8.17. The molecule has 142 valence electrons. The molecule has 1 aliphatic heterocycles. The highest BCUT2D eigenvalue weighted by molar-refractivity contribution is 5.94. The first-order valence-electron chi connectivity index (χ1n) is 8.55. The Morgan fingerprint density at radius 3 is 2.59 bits per heavy atom. The summed E-state index contributed by atoms with van der Waals surface area (Å²) >= 11 is 0. The zero-order valence-electron chi connectivity index (χ0n) is 14.8. The molecule has 0 bridgehead atoms. The second kappa shape index (κ2) is 8.03. The van der Waals surface area contributed by atoms with Gasteiger partial charge in [-0.05, 0) is 25.0 Å². The fraction of sp³-hybridized carbons (Fsp3) is 0.368. The number of rotatable bonds is 4. The van der Waals surface area contributed by atoms with Gasteiger partial charge in [-0.2, -0.15) is 0 Å². The van der Waals surface area contributed by atoms with Gasteiger partial charge in [-0.1, -0.05) is 18.2 Å². The highest BCUT2D eigenvalue weighted by Crippen LogP contribution is 2.18. The molecule has 2 heterocycles. The number of fused-ring (bicyclic) bond motifs is 1. The van der Waals surface area contributed by atoms with Gasteiger partial charge in [0.1, 0.15) is 11.1 Å². The number of methoxy groups -OCH3 is 1. The van der Waals surface area contributed by atoms with E-state index in [-0.39, 0.29) is 23.4 Å². The number of benzene rings is 1. The van der Waals surface area contributed by atoms with Crippen molar-refractivity contribution in [3.05, 3.63) is 46.3 Å². The SMILES string of the molecule is COC(=O)C1CCN(C(=O)COC(=O)c2cc3ccccc3oc2=O)CC1. The van der Waals surface area contributed by atoms with Crippen molar-refractivity contribution in [2.45, 2.75) is 12.8 Å². The molecule has 1 aromatic heterocycles. The molecule has 1 aliphatic rings. The van der Waals surface area contributed by atoms with E-state index in [1.54, 1.807) is 24.3 Å². The summed E-state index contributed by atoms with van der Waals surface area (Å²) in [6.07, 6.45) is 1.00. The van der Waals surface area contributed by atoms with Crippen LogP contribution in [0.5, 0.6) is 0 Å². The lowest BCUT2D eigenvalue weighted by atomic mass is 9.97. The summed E-state index contributed by atoms with van der Waals surface area (Å²) in [4.78, 5) is 49.3. The fourth-order valence-corrected chi connectivity index (χ4v) is 3.03. The molecule has 0 atom stereocenters. The van der Waals surface area contributed by atoms with Gasteiger partial charge >= 0.3 is 17.6 Å². The van der Waals surface area contributed by atoms with E-state index in [1.165, 1.54) is 18.1 Å². The molecule has 8 nitrogen and oxygen atoms in total. The molecule has 3 rings (SSSR count). The van der Waals surface area contributed by atoms with Crippen LogP contribution in [0.25, 0.3) is 11.0 Å². The molecule has 1 fully saturated rings. The van der Waals surface area contributed by atoms with Gasteiger partial charge in [-0.3, -0.25) is 9.59 Å². The first-order valence-corrected chi connectivity index (χ1v) is 8.55. The van der Waals surface area contributed by atoms with Crippen molar-refractivity contribution in [2.75, 3.05) is 26.8 Å². The van der Waals surface area contributed by atoms with Crippen molar-refractivity contribution in [3.63, 3.8) is 0 Å². The van der Waals surface area contributed by atoms with Crippen LogP contribution in [0.1, 0.15) is 23.2 Å². The third-order valence-electron chi connectivity index (χ3n) is 4.57. The first-order chi connectivity index (χ1) is 13.0. The normalized spacial score (nSPS) is 14.8. The maximum atomic E-state index is 12.2. The predicted molar refractivity (Wildman–Crippen MR) is 94.1 cm³/mol. The summed E-state index contributed by atoms with van der Waals surface area (Å²) in [6.45, 7) is 0.288. The van der Waals surface area contributed by atoms with Crippen LogP contribution in [-0.4, -0.2) is 49.6 Å². The molecule has 8 heteroatoms. The van der Waals surface area contributed by atoms with Crippen LogP contribution < -0.4 is 5.63 Å². The van der Waals surface area contributed by atoms with Gasteiger partial charge in [-0.25, -0.2) is 9.59 Å². The standard InChI is InChI=1S/C19H19NO7/c1-25-17(22)12-6-8-20(9-7-12)16(21)11-26-18(23)14-10-13-4-2-3-5-15(13)27-19(14)24/h2-5,10,12H,6-9,11H2,1H3. The van der Waals surface area contributed by atoms with Crippen LogP contribution in [0.3, 0.4) is 0 Å². The largest absolute Gasteiger partial charge is 0.469 e. The highest BCUT2D eigenvalue weighted by atomic mass is 16.5. The maximum Gasteiger partial charge on any atom is 0.351 e. The number of hydrogen-bond donors (Lipinski definition) is 0. The quantitative estimate of drug-likeness (QED) is 0.589. The van der Waals surface area contributed by atoms with Crippen molar-refractivity contribution < 1.29 is 28.3 Å². The lowest BCUT2D eigenvalue weighted by Gasteiger charge is -2.30. The summed E-state index contributed by atoms with van der Waals surface area (Å²) in [7, 11) is 1.34. The zero-order chi connectivity index (χ0) is 19.4. The Kier molecular flexibility index (Phi) is 5.54. The number of hydrogen-bond acceptors (Lipinski definition) is 7. The molecule has 0 spiro atoms. The molecule has 0 radical (unpaired) electrons. The number of para-hydroxylation sites is 1. The van der Waals surface area contributed by atoms with Crippen LogP contribution in [0, 0.1) is 5.92 Å². The van der Waals surface area contributed by atoms with E-state index >= 15 is 0 Å². The van der Waals surface area contributed by atoms with Crippen LogP contribution in [0.15, 0.2) is 39.5 Å². The van der Waals surface area contributed by atoms with Crippen molar-refractivity contribution >= 4 is 28.8 Å². The Bertz CT molecular complexity index is 925. The zero-order valence-corrected chi connectivity index (χ0v) is 14.8. The maximum absolute atomic E-state index is 12.2. The van der Waals surface area contributed by atoms with Gasteiger partial charge in [0.05, 0.1) is 13.0 Å². The predicted octanol–water partition coefficient (Wildman–Crippen LogP) is 1.36. The minimum Gasteiger partial charge on any atom is -0.469 e. The average molecular weight is 373 g/mol. The van der Waals surface area contributed by atoms with E-state index in [2.05, 4.69) is 0 Å². The first kappa shape index (κ1) is 18.6. The van der Waals surface area contributed by atoms with E-state index in [9.17, 15) is 19.2 Å². The average Bonchev–Trinajstić information content (AvgIpc) is 2.70. The molecule has 27 heavy (non-hydrogen) atoms. The van der Waals surface area contributed by atoms with E-state index in [0.717, 1.165) is 0 Å². The fourth-order valence-electron chi connectivity index (χ4n) is 3.03. The van der Waals surface area contributed by atoms with Gasteiger partial charge in [0, 0.05) is 18.5 Å². The molecule has 1 amide bonds. The summed E-state index contributed by atoms with van der Waals surface area (Å²) in [5.74, 6) is -1.79. The van der Waals surface area contributed by atoms with Crippen LogP contribution >= 0.6 is 0 Å². The van der Waals surface area contributed by atoms with Gasteiger partial charge in [-0.15, -0.1) is 0 Å². The molecule has 1 saturated heterocycles. The monoisotopic (exact) mass is 373 g/mol. The Balaban J connectivity index is 1.58. The molecular weight excluding hydrogens is 354 g/mol. The van der Waals surface area contributed by atoms with Crippen molar-refractivity contribution in [3.8, 4) is 0 Å². The Morgan fingerprint density at radius 2 is 1.89 bits per heavy atom. The molecular formula is C19H19NO7. The molecule has 1 aromatic carbocycles. The highest BCUT2D eigenvalue weighted by Gasteiger charge is 2.28. The Hall–Kier alpha value is -3.16. The number of amides is 1. The second-order valence-electron chi connectivity index (χ2n) is 6.24. The minimum absolute atomic E-state index is 0.219. The minimum atomic E-state index is -0.910. The smallest absolute Gasteiger partial charge is 0.351 e. The number of ether oxygens (including phenoxy) is 2. The molecule has 0 unspecified atom stereocenters. The van der Waals surface area contributed by atoms with E-state index < -0.39 is 18.2 Å². The van der Waals surface area contributed by atoms with Crippen molar-refractivity contribution in [1.29, 1.82) is 0 Å². The van der Waals surface area contributed by atoms with E-state index in [4.69, 9.17) is 13.9 Å². The van der Waals surface area contributed by atoms with Crippen LogP contribution in [0.2, 0.25) is 0 Å². The second-order valence-corrected chi connectivity index (χ2v) is 6.24. The topological polar surface area (TPSA) is 103 Å². The lowest BCUT2D eigenvalue weighted by molar-refractivity contribution is -0.149. The van der Waals surface area contributed by atoms with Crippen molar-refractivity contribution in [1.82, 2.24) is 4.90 Å². The summed E-state index contributed by atoms with van der Waals surface area (Å²) in [5, 5.41) is 0.584. The van der Waals surface area contributed by atoms with E-state index in [0.29, 0.717) is 36.9 Å². The Labute approximate surface area is 154 Å².